The van der Waals surface area contributed by atoms with Crippen molar-refractivity contribution < 1.29 is 14.6 Å². The first-order valence-corrected chi connectivity index (χ1v) is 12.9. The minimum atomic E-state index is -0.725. The summed E-state index contributed by atoms with van der Waals surface area (Å²) in [7, 11) is 0. The first-order chi connectivity index (χ1) is 18.2. The minimum absolute atomic E-state index is 0.200. The molecule has 0 bridgehead atoms. The number of nitrogens with zero attached hydrogens (tertiary/aromatic N) is 6. The molecule has 0 amide bonds. The molecule has 4 aromatic rings. The Balaban J connectivity index is 1.38. The summed E-state index contributed by atoms with van der Waals surface area (Å²) < 4.78 is 7.50. The molecular weight excluding hydrogens is 468 g/mol. The van der Waals surface area contributed by atoms with Crippen molar-refractivity contribution in [3.63, 3.8) is 0 Å². The van der Waals surface area contributed by atoms with Gasteiger partial charge in [-0.3, -0.25) is 4.79 Å². The largest absolute Gasteiger partial charge is 0.481 e. The standard InChI is InChI=1S/C28H30N6O3/c35-26(36)19-20-10-13-33(14-11-20)28-24(8-7-22-6-5-21-3-1-2-4-23(21)30-22)31-27-25(9-12-29-34(27)28)32-15-17-37-18-16-32/h1-9,12,20H,10-11,13-19H2,(H,35,36)/b8-7+. The van der Waals surface area contributed by atoms with Crippen molar-refractivity contribution in [2.75, 3.05) is 49.2 Å². The zero-order valence-electron chi connectivity index (χ0n) is 20.7. The summed E-state index contributed by atoms with van der Waals surface area (Å²) in [5, 5.41) is 15.0. The zero-order chi connectivity index (χ0) is 25.2. The summed E-state index contributed by atoms with van der Waals surface area (Å²) in [6.07, 6.45) is 7.74. The van der Waals surface area contributed by atoms with Gasteiger partial charge in [0.1, 0.15) is 5.69 Å². The quantitative estimate of drug-likeness (QED) is 0.427. The minimum Gasteiger partial charge on any atom is -0.481 e. The molecule has 2 aliphatic heterocycles. The number of aromatic nitrogens is 4. The van der Waals surface area contributed by atoms with Crippen LogP contribution < -0.4 is 9.80 Å². The molecule has 5 heterocycles. The van der Waals surface area contributed by atoms with Crippen LogP contribution in [0.15, 0.2) is 48.7 Å². The number of carboxylic acid groups (broad SMARTS) is 1. The van der Waals surface area contributed by atoms with E-state index in [-0.39, 0.29) is 12.3 Å². The molecule has 2 aliphatic rings. The van der Waals surface area contributed by atoms with Crippen LogP contribution in [0.25, 0.3) is 28.7 Å². The fourth-order valence-electron chi connectivity index (χ4n) is 5.33. The SMILES string of the molecule is O=C(O)CC1CCN(c2c(/C=C/c3ccc4ccccc4n3)nc3c(N4CCOCC4)ccnn23)CC1. The summed E-state index contributed by atoms with van der Waals surface area (Å²) in [6.45, 7) is 4.55. The number of ether oxygens (including phenoxy) is 1. The van der Waals surface area contributed by atoms with Crippen molar-refractivity contribution in [1.29, 1.82) is 0 Å². The average Bonchev–Trinajstić information content (AvgIpc) is 3.31. The molecule has 0 aliphatic carbocycles. The maximum absolute atomic E-state index is 11.2. The van der Waals surface area contributed by atoms with Crippen molar-refractivity contribution in [2.24, 2.45) is 5.92 Å². The summed E-state index contributed by atoms with van der Waals surface area (Å²) in [5.41, 5.74) is 4.52. The van der Waals surface area contributed by atoms with Crippen LogP contribution in [-0.2, 0) is 9.53 Å². The average molecular weight is 499 g/mol. The molecule has 0 saturated carbocycles. The number of hydrogen-bond acceptors (Lipinski definition) is 7. The third-order valence-electron chi connectivity index (χ3n) is 7.26. The van der Waals surface area contributed by atoms with Gasteiger partial charge < -0.3 is 19.6 Å². The van der Waals surface area contributed by atoms with E-state index < -0.39 is 5.97 Å². The molecule has 9 heteroatoms. The molecule has 0 atom stereocenters. The van der Waals surface area contributed by atoms with Gasteiger partial charge in [-0.25, -0.2) is 9.97 Å². The van der Waals surface area contributed by atoms with Crippen molar-refractivity contribution in [2.45, 2.75) is 19.3 Å². The first kappa shape index (κ1) is 23.4. The predicted molar refractivity (Wildman–Crippen MR) is 144 cm³/mol. The number of anilines is 2. The Bertz CT molecular complexity index is 1450. The number of rotatable bonds is 6. The molecule has 9 nitrogen and oxygen atoms in total. The van der Waals surface area contributed by atoms with Gasteiger partial charge in [-0.15, -0.1) is 0 Å². The highest BCUT2D eigenvalue weighted by Crippen LogP contribution is 2.32. The Labute approximate surface area is 215 Å². The van der Waals surface area contributed by atoms with Gasteiger partial charge in [0.25, 0.3) is 0 Å². The van der Waals surface area contributed by atoms with Crippen LogP contribution in [0.1, 0.15) is 30.7 Å². The molecule has 6 rings (SSSR count). The van der Waals surface area contributed by atoms with Gasteiger partial charge in [0.2, 0.25) is 0 Å². The topological polar surface area (TPSA) is 96.1 Å². The number of para-hydroxylation sites is 1. The third-order valence-corrected chi connectivity index (χ3v) is 7.26. The van der Waals surface area contributed by atoms with E-state index in [1.807, 2.05) is 53.2 Å². The number of aliphatic carboxylic acids is 1. The smallest absolute Gasteiger partial charge is 0.303 e. The van der Waals surface area contributed by atoms with Gasteiger partial charge in [-0.2, -0.15) is 9.61 Å². The molecule has 2 saturated heterocycles. The number of piperidine rings is 1. The van der Waals surface area contributed by atoms with Crippen LogP contribution in [0.4, 0.5) is 11.5 Å². The Hall–Kier alpha value is -3.98. The first-order valence-electron chi connectivity index (χ1n) is 12.9. The molecule has 37 heavy (non-hydrogen) atoms. The van der Waals surface area contributed by atoms with Crippen molar-refractivity contribution in [3.8, 4) is 0 Å². The Morgan fingerprint density at radius 2 is 1.78 bits per heavy atom. The van der Waals surface area contributed by atoms with Gasteiger partial charge in [0.05, 0.1) is 36.3 Å². The molecule has 1 N–H and O–H groups in total. The number of imidazole rings is 1. The Morgan fingerprint density at radius 3 is 2.59 bits per heavy atom. The molecule has 190 valence electrons. The number of benzene rings is 1. The maximum atomic E-state index is 11.2. The van der Waals surface area contributed by atoms with E-state index in [4.69, 9.17) is 19.8 Å². The fraction of sp³-hybridized carbons (Fsp3) is 0.357. The van der Waals surface area contributed by atoms with Crippen molar-refractivity contribution in [3.05, 3.63) is 60.0 Å². The van der Waals surface area contributed by atoms with E-state index in [0.717, 1.165) is 78.5 Å². The van der Waals surface area contributed by atoms with Gasteiger partial charge in [-0.05, 0) is 49.1 Å². The van der Waals surface area contributed by atoms with Gasteiger partial charge in [0.15, 0.2) is 11.5 Å². The number of carbonyl (C=O) groups is 1. The van der Waals surface area contributed by atoms with Crippen LogP contribution >= 0.6 is 0 Å². The van der Waals surface area contributed by atoms with Crippen LogP contribution in [0.3, 0.4) is 0 Å². The second-order valence-corrected chi connectivity index (χ2v) is 9.66. The van der Waals surface area contributed by atoms with E-state index in [1.54, 1.807) is 0 Å². The number of fused-ring (bicyclic) bond motifs is 2. The monoisotopic (exact) mass is 498 g/mol. The second kappa shape index (κ2) is 10.2. The summed E-state index contributed by atoms with van der Waals surface area (Å²) >= 11 is 0. The molecule has 2 fully saturated rings. The molecular formula is C28H30N6O3. The zero-order valence-corrected chi connectivity index (χ0v) is 20.7. The lowest BCUT2D eigenvalue weighted by molar-refractivity contribution is -0.138. The predicted octanol–water partition coefficient (Wildman–Crippen LogP) is 3.98. The van der Waals surface area contributed by atoms with E-state index in [0.29, 0.717) is 13.2 Å². The van der Waals surface area contributed by atoms with Crippen LogP contribution in [-0.4, -0.2) is 70.1 Å². The lowest BCUT2D eigenvalue weighted by Gasteiger charge is -2.32. The number of hydrogen-bond donors (Lipinski definition) is 1. The Morgan fingerprint density at radius 1 is 0.973 bits per heavy atom. The molecule has 1 aromatic carbocycles. The highest BCUT2D eigenvalue weighted by atomic mass is 16.5. The van der Waals surface area contributed by atoms with Crippen molar-refractivity contribution >= 4 is 46.2 Å². The van der Waals surface area contributed by atoms with Crippen LogP contribution in [0.5, 0.6) is 0 Å². The lowest BCUT2D eigenvalue weighted by Crippen LogP contribution is -2.37. The van der Waals surface area contributed by atoms with Gasteiger partial charge >= 0.3 is 5.97 Å². The third kappa shape index (κ3) is 4.86. The van der Waals surface area contributed by atoms with Gasteiger partial charge in [0, 0.05) is 38.0 Å². The number of carboxylic acids is 1. The maximum Gasteiger partial charge on any atom is 0.303 e. The highest BCUT2D eigenvalue weighted by Gasteiger charge is 2.27. The summed E-state index contributed by atoms with van der Waals surface area (Å²) in [5.74, 6) is 0.415. The molecule has 0 spiro atoms. The van der Waals surface area contributed by atoms with E-state index in [9.17, 15) is 9.90 Å². The van der Waals surface area contributed by atoms with E-state index >= 15 is 0 Å². The van der Waals surface area contributed by atoms with E-state index in [1.165, 1.54) is 0 Å². The Kier molecular flexibility index (Phi) is 6.44. The van der Waals surface area contributed by atoms with E-state index in [2.05, 4.69) is 21.9 Å². The van der Waals surface area contributed by atoms with Crippen LogP contribution in [0, 0.1) is 5.92 Å². The lowest BCUT2D eigenvalue weighted by atomic mass is 9.93. The number of morpholine rings is 1. The summed E-state index contributed by atoms with van der Waals surface area (Å²) in [6, 6.07) is 14.2. The fourth-order valence-corrected chi connectivity index (χ4v) is 5.33. The summed E-state index contributed by atoms with van der Waals surface area (Å²) in [4.78, 5) is 25.7. The highest BCUT2D eigenvalue weighted by molar-refractivity contribution is 5.83. The normalized spacial score (nSPS) is 17.3. The second-order valence-electron chi connectivity index (χ2n) is 9.66. The molecule has 3 aromatic heterocycles. The molecule has 0 radical (unpaired) electrons. The van der Waals surface area contributed by atoms with Gasteiger partial charge in [-0.1, -0.05) is 24.3 Å². The molecule has 0 unspecified atom stereocenters. The number of pyridine rings is 1. The van der Waals surface area contributed by atoms with Crippen molar-refractivity contribution in [1.82, 2.24) is 19.6 Å². The van der Waals surface area contributed by atoms with Crippen LogP contribution in [0.2, 0.25) is 0 Å².